The molecule has 3 aromatic carbocycles. The predicted octanol–water partition coefficient (Wildman–Crippen LogP) is 6.52. The van der Waals surface area contributed by atoms with Gasteiger partial charge in [-0.25, -0.2) is 9.97 Å². The summed E-state index contributed by atoms with van der Waals surface area (Å²) in [6.07, 6.45) is -2.23. The van der Waals surface area contributed by atoms with Crippen molar-refractivity contribution in [3.63, 3.8) is 0 Å². The minimum atomic E-state index is -4.47. The molecule has 37 heavy (non-hydrogen) atoms. The molecule has 0 N–H and O–H groups in total. The Morgan fingerprint density at radius 2 is 1.49 bits per heavy atom. The second kappa shape index (κ2) is 9.89. The van der Waals surface area contributed by atoms with Crippen molar-refractivity contribution in [1.29, 1.82) is 0 Å². The zero-order valence-corrected chi connectivity index (χ0v) is 19.9. The van der Waals surface area contributed by atoms with Crippen molar-refractivity contribution in [3.05, 3.63) is 119 Å². The number of carbonyl (C=O) groups is 1. The molecule has 0 unspecified atom stereocenters. The van der Waals surface area contributed by atoms with Crippen LogP contribution >= 0.6 is 0 Å². The van der Waals surface area contributed by atoms with Crippen LogP contribution in [0.5, 0.6) is 5.88 Å². The largest absolute Gasteiger partial charge is 0.416 e. The van der Waals surface area contributed by atoms with Gasteiger partial charge >= 0.3 is 12.1 Å². The lowest BCUT2D eigenvalue weighted by Gasteiger charge is -2.10. The molecule has 0 spiro atoms. The average Bonchev–Trinajstić information content (AvgIpc) is 3.21. The maximum Gasteiger partial charge on any atom is 0.416 e. The number of ether oxygens (including phenoxy) is 1. The van der Waals surface area contributed by atoms with Gasteiger partial charge in [0.25, 0.3) is 0 Å². The first-order valence-electron chi connectivity index (χ1n) is 11.6. The van der Waals surface area contributed by atoms with Crippen molar-refractivity contribution < 1.29 is 22.7 Å². The molecule has 0 saturated heterocycles. The van der Waals surface area contributed by atoms with Crippen molar-refractivity contribution in [2.75, 3.05) is 0 Å². The molecule has 0 bridgehead atoms. The fraction of sp³-hybridized carbons (Fsp3) is 0.138. The van der Waals surface area contributed by atoms with Gasteiger partial charge in [0, 0.05) is 31.5 Å². The number of carbonyl (C=O) groups excluding carboxylic acids is 1. The quantitative estimate of drug-likeness (QED) is 0.249. The van der Waals surface area contributed by atoms with Crippen LogP contribution in [0.4, 0.5) is 13.2 Å². The van der Waals surface area contributed by atoms with Gasteiger partial charge in [0.15, 0.2) is 5.65 Å². The third-order valence-corrected chi connectivity index (χ3v) is 5.85. The van der Waals surface area contributed by atoms with Gasteiger partial charge in [0.05, 0.1) is 17.0 Å². The fourth-order valence-electron chi connectivity index (χ4n) is 4.20. The number of hydrogen-bond acceptors (Lipinski definition) is 4. The van der Waals surface area contributed by atoms with Gasteiger partial charge in [0.2, 0.25) is 5.88 Å². The number of fused-ring (bicyclic) bond motifs is 1. The van der Waals surface area contributed by atoms with Crippen molar-refractivity contribution in [2.24, 2.45) is 0 Å². The number of esters is 1. The summed E-state index contributed by atoms with van der Waals surface area (Å²) in [5.41, 5.74) is 3.64. The second-order valence-corrected chi connectivity index (χ2v) is 8.63. The topological polar surface area (TPSA) is 56.5 Å². The van der Waals surface area contributed by atoms with E-state index in [0.717, 1.165) is 23.3 Å². The van der Waals surface area contributed by atoms with Crippen LogP contribution in [0, 0.1) is 0 Å². The molecule has 5 nitrogen and oxygen atoms in total. The summed E-state index contributed by atoms with van der Waals surface area (Å²) >= 11 is 0. The van der Waals surface area contributed by atoms with E-state index in [9.17, 15) is 18.0 Å². The van der Waals surface area contributed by atoms with E-state index in [1.54, 1.807) is 16.7 Å². The number of hydrogen-bond donors (Lipinski definition) is 0. The Balaban J connectivity index is 1.68. The molecule has 2 aromatic heterocycles. The maximum atomic E-state index is 13.3. The number of imidazole rings is 1. The highest BCUT2D eigenvalue weighted by Crippen LogP contribution is 2.32. The van der Waals surface area contributed by atoms with E-state index in [2.05, 4.69) is 0 Å². The minimum absolute atomic E-state index is 0.0413. The molecule has 186 valence electrons. The lowest BCUT2D eigenvalue weighted by Crippen LogP contribution is -2.08. The minimum Gasteiger partial charge on any atom is -0.407 e. The molecule has 0 fully saturated rings. The monoisotopic (exact) mass is 501 g/mol. The molecule has 0 aliphatic rings. The SMILES string of the molecule is CC(=O)Oc1c(Cc2cccc(C(F)(F)F)c2)nc2c(Cc3ccccc3)nc(-c3ccccc3)cn12. The predicted molar refractivity (Wildman–Crippen MR) is 133 cm³/mol. The van der Waals surface area contributed by atoms with Crippen molar-refractivity contribution >= 4 is 11.6 Å². The highest BCUT2D eigenvalue weighted by atomic mass is 19.4. The molecular formula is C29H22F3N3O2. The van der Waals surface area contributed by atoms with Gasteiger partial charge in [0.1, 0.15) is 5.69 Å². The summed E-state index contributed by atoms with van der Waals surface area (Å²) < 4.78 is 47.1. The molecule has 0 radical (unpaired) electrons. The molecule has 0 amide bonds. The third-order valence-electron chi connectivity index (χ3n) is 5.85. The van der Waals surface area contributed by atoms with Crippen LogP contribution in [-0.4, -0.2) is 20.3 Å². The Labute approximate surface area is 211 Å². The highest BCUT2D eigenvalue weighted by Gasteiger charge is 2.30. The normalized spacial score (nSPS) is 11.6. The molecule has 2 heterocycles. The van der Waals surface area contributed by atoms with Crippen molar-refractivity contribution in [3.8, 4) is 17.1 Å². The molecule has 0 saturated carbocycles. The van der Waals surface area contributed by atoms with Crippen LogP contribution < -0.4 is 4.74 Å². The molecular weight excluding hydrogens is 479 g/mol. The van der Waals surface area contributed by atoms with Gasteiger partial charge in [-0.2, -0.15) is 13.2 Å². The van der Waals surface area contributed by atoms with E-state index in [1.165, 1.54) is 13.0 Å². The molecule has 0 aliphatic carbocycles. The zero-order chi connectivity index (χ0) is 26.0. The molecule has 5 aromatic rings. The standard InChI is InChI=1S/C29H22F3N3O2/c1-19(36)37-28-25(17-21-11-8-14-23(15-21)29(30,31)32)34-27-24(16-20-9-4-2-5-10-20)33-26(18-35(27)28)22-12-6-3-7-13-22/h2-15,18H,16-17H2,1H3. The maximum absolute atomic E-state index is 13.3. The molecule has 0 atom stereocenters. The zero-order valence-electron chi connectivity index (χ0n) is 19.9. The first-order valence-corrected chi connectivity index (χ1v) is 11.6. The van der Waals surface area contributed by atoms with E-state index in [1.807, 2.05) is 60.7 Å². The van der Waals surface area contributed by atoms with Crippen LogP contribution in [0.25, 0.3) is 16.9 Å². The Morgan fingerprint density at radius 3 is 2.16 bits per heavy atom. The summed E-state index contributed by atoms with van der Waals surface area (Å²) in [6.45, 7) is 1.28. The van der Waals surface area contributed by atoms with Crippen LogP contribution in [-0.2, 0) is 23.8 Å². The molecule has 8 heteroatoms. The van der Waals surface area contributed by atoms with Crippen molar-refractivity contribution in [2.45, 2.75) is 25.9 Å². The van der Waals surface area contributed by atoms with Gasteiger partial charge in [-0.15, -0.1) is 0 Å². The second-order valence-electron chi connectivity index (χ2n) is 8.63. The Hall–Kier alpha value is -4.46. The fourth-order valence-corrected chi connectivity index (χ4v) is 4.20. The van der Waals surface area contributed by atoms with Crippen LogP contribution in [0.3, 0.4) is 0 Å². The van der Waals surface area contributed by atoms with E-state index < -0.39 is 17.7 Å². The van der Waals surface area contributed by atoms with Crippen LogP contribution in [0.2, 0.25) is 0 Å². The van der Waals surface area contributed by atoms with Gasteiger partial charge in [-0.3, -0.25) is 9.20 Å². The van der Waals surface area contributed by atoms with E-state index >= 15 is 0 Å². The Bertz CT molecular complexity index is 1560. The third kappa shape index (κ3) is 5.38. The number of rotatable bonds is 6. The average molecular weight is 502 g/mol. The lowest BCUT2D eigenvalue weighted by molar-refractivity contribution is -0.137. The molecule has 5 rings (SSSR count). The summed E-state index contributed by atoms with van der Waals surface area (Å²) in [7, 11) is 0. The van der Waals surface area contributed by atoms with E-state index in [-0.39, 0.29) is 12.3 Å². The number of aromatic nitrogens is 3. The summed E-state index contributed by atoms with van der Waals surface area (Å²) in [5.74, 6) is -0.399. The van der Waals surface area contributed by atoms with Gasteiger partial charge < -0.3 is 4.74 Å². The van der Waals surface area contributed by atoms with Crippen LogP contribution in [0.15, 0.2) is 91.1 Å². The number of benzene rings is 3. The number of halogens is 3. The summed E-state index contributed by atoms with van der Waals surface area (Å²) in [5, 5.41) is 0. The smallest absolute Gasteiger partial charge is 0.407 e. The van der Waals surface area contributed by atoms with Crippen molar-refractivity contribution in [1.82, 2.24) is 14.4 Å². The summed E-state index contributed by atoms with van der Waals surface area (Å²) in [6, 6.07) is 24.4. The highest BCUT2D eigenvalue weighted by molar-refractivity contribution is 5.71. The number of alkyl halides is 3. The first-order chi connectivity index (χ1) is 17.8. The Morgan fingerprint density at radius 1 is 0.838 bits per heavy atom. The summed E-state index contributed by atoms with van der Waals surface area (Å²) in [4.78, 5) is 21.7. The van der Waals surface area contributed by atoms with Gasteiger partial charge in [-0.1, -0.05) is 78.9 Å². The van der Waals surface area contributed by atoms with Crippen LogP contribution in [0.1, 0.15) is 35.0 Å². The lowest BCUT2D eigenvalue weighted by atomic mass is 10.1. The van der Waals surface area contributed by atoms with Gasteiger partial charge in [-0.05, 0) is 17.2 Å². The van der Waals surface area contributed by atoms with E-state index in [0.29, 0.717) is 34.7 Å². The first kappa shape index (κ1) is 24.2. The number of nitrogens with zero attached hydrogens (tertiary/aromatic N) is 3. The Kier molecular flexibility index (Phi) is 6.48. The van der Waals surface area contributed by atoms with E-state index in [4.69, 9.17) is 14.7 Å². The molecule has 0 aliphatic heterocycles.